The highest BCUT2D eigenvalue weighted by atomic mass is 79.9. The average Bonchev–Trinajstić information content (AvgIpc) is 2.42. The molecule has 0 unspecified atom stereocenters. The molecule has 0 saturated carbocycles. The number of ether oxygens (including phenoxy) is 2. The number of halogens is 1. The summed E-state index contributed by atoms with van der Waals surface area (Å²) in [5.41, 5.74) is 7.48. The summed E-state index contributed by atoms with van der Waals surface area (Å²) in [5, 5.41) is 0. The second-order valence-corrected chi connectivity index (χ2v) is 5.45. The highest BCUT2D eigenvalue weighted by molar-refractivity contribution is 9.10. The molecule has 2 aromatic carbocycles. The summed E-state index contributed by atoms with van der Waals surface area (Å²) in [4.78, 5) is 0. The largest absolute Gasteiger partial charge is 0.493 e. The molecule has 0 fully saturated rings. The van der Waals surface area contributed by atoms with Gasteiger partial charge >= 0.3 is 0 Å². The molecule has 0 atom stereocenters. The van der Waals surface area contributed by atoms with Crippen molar-refractivity contribution in [3.63, 3.8) is 0 Å². The standard InChI is InChI=1S/C16H18BrNO2/c1-12-11-13(17)3-8-16(12)20-10-2-9-19-15-6-4-14(18)5-7-15/h3-8,11H,2,9-10,18H2,1H3. The van der Waals surface area contributed by atoms with Crippen molar-refractivity contribution in [2.45, 2.75) is 13.3 Å². The van der Waals surface area contributed by atoms with Gasteiger partial charge in [0, 0.05) is 16.6 Å². The number of rotatable bonds is 6. The molecule has 0 aliphatic rings. The Labute approximate surface area is 127 Å². The molecule has 3 nitrogen and oxygen atoms in total. The zero-order valence-electron chi connectivity index (χ0n) is 11.4. The van der Waals surface area contributed by atoms with Crippen molar-refractivity contribution in [3.05, 3.63) is 52.5 Å². The van der Waals surface area contributed by atoms with E-state index in [1.54, 1.807) is 0 Å². The van der Waals surface area contributed by atoms with Crippen LogP contribution in [0.15, 0.2) is 46.9 Å². The lowest BCUT2D eigenvalue weighted by Gasteiger charge is -2.10. The summed E-state index contributed by atoms with van der Waals surface area (Å²) in [6.45, 7) is 3.29. The van der Waals surface area contributed by atoms with Crippen LogP contribution in [-0.2, 0) is 0 Å². The third kappa shape index (κ3) is 4.46. The fourth-order valence-electron chi connectivity index (χ4n) is 1.77. The summed E-state index contributed by atoms with van der Waals surface area (Å²) in [7, 11) is 0. The predicted octanol–water partition coefficient (Wildman–Crippen LogP) is 4.19. The Morgan fingerprint density at radius 1 is 1.00 bits per heavy atom. The maximum absolute atomic E-state index is 5.73. The Morgan fingerprint density at radius 2 is 1.70 bits per heavy atom. The Bertz CT molecular complexity index is 555. The van der Waals surface area contributed by atoms with E-state index in [1.807, 2.05) is 49.4 Å². The summed E-state index contributed by atoms with van der Waals surface area (Å²) in [5.74, 6) is 1.75. The van der Waals surface area contributed by atoms with Crippen LogP contribution in [-0.4, -0.2) is 13.2 Å². The van der Waals surface area contributed by atoms with Gasteiger partial charge in [-0.25, -0.2) is 0 Å². The van der Waals surface area contributed by atoms with Crippen LogP contribution < -0.4 is 15.2 Å². The van der Waals surface area contributed by atoms with Crippen LogP contribution >= 0.6 is 15.9 Å². The van der Waals surface area contributed by atoms with Gasteiger partial charge in [-0.3, -0.25) is 0 Å². The predicted molar refractivity (Wildman–Crippen MR) is 85.3 cm³/mol. The van der Waals surface area contributed by atoms with Crippen LogP contribution in [0.5, 0.6) is 11.5 Å². The van der Waals surface area contributed by atoms with Crippen LogP contribution in [0, 0.1) is 6.92 Å². The van der Waals surface area contributed by atoms with E-state index in [4.69, 9.17) is 15.2 Å². The van der Waals surface area contributed by atoms with Gasteiger partial charge in [-0.2, -0.15) is 0 Å². The summed E-state index contributed by atoms with van der Waals surface area (Å²) in [6, 6.07) is 13.4. The Morgan fingerprint density at radius 3 is 2.40 bits per heavy atom. The number of aryl methyl sites for hydroxylation is 1. The molecule has 2 aromatic rings. The molecule has 0 aliphatic carbocycles. The van der Waals surface area contributed by atoms with E-state index in [0.29, 0.717) is 13.2 Å². The highest BCUT2D eigenvalue weighted by Crippen LogP contribution is 2.22. The number of anilines is 1. The molecule has 0 aromatic heterocycles. The fourth-order valence-corrected chi connectivity index (χ4v) is 2.25. The Balaban J connectivity index is 1.70. The van der Waals surface area contributed by atoms with Crippen molar-refractivity contribution in [1.82, 2.24) is 0 Å². The van der Waals surface area contributed by atoms with E-state index in [-0.39, 0.29) is 0 Å². The second kappa shape index (κ2) is 7.20. The summed E-state index contributed by atoms with van der Waals surface area (Å²) < 4.78 is 12.4. The minimum absolute atomic E-state index is 0.624. The lowest BCUT2D eigenvalue weighted by atomic mass is 10.2. The van der Waals surface area contributed by atoms with E-state index >= 15 is 0 Å². The lowest BCUT2D eigenvalue weighted by molar-refractivity contribution is 0.246. The van der Waals surface area contributed by atoms with Gasteiger partial charge < -0.3 is 15.2 Å². The molecule has 0 amide bonds. The van der Waals surface area contributed by atoms with Crippen LogP contribution in [0.3, 0.4) is 0 Å². The molecule has 2 rings (SSSR count). The average molecular weight is 336 g/mol. The zero-order chi connectivity index (χ0) is 14.4. The van der Waals surface area contributed by atoms with Crippen molar-refractivity contribution in [3.8, 4) is 11.5 Å². The maximum atomic E-state index is 5.73. The molecule has 2 N–H and O–H groups in total. The first-order valence-corrected chi connectivity index (χ1v) is 7.32. The number of hydrogen-bond donors (Lipinski definition) is 1. The maximum Gasteiger partial charge on any atom is 0.122 e. The summed E-state index contributed by atoms with van der Waals surface area (Å²) >= 11 is 3.44. The van der Waals surface area contributed by atoms with E-state index in [0.717, 1.165) is 33.6 Å². The van der Waals surface area contributed by atoms with Gasteiger partial charge in [-0.05, 0) is 55.0 Å². The molecule has 20 heavy (non-hydrogen) atoms. The van der Waals surface area contributed by atoms with Crippen LogP contribution in [0.2, 0.25) is 0 Å². The molecular formula is C16H18BrNO2. The fraction of sp³-hybridized carbons (Fsp3) is 0.250. The van der Waals surface area contributed by atoms with Gasteiger partial charge in [-0.1, -0.05) is 15.9 Å². The summed E-state index contributed by atoms with van der Waals surface area (Å²) in [6.07, 6.45) is 0.833. The molecule has 0 spiro atoms. The number of hydrogen-bond acceptors (Lipinski definition) is 3. The van der Waals surface area contributed by atoms with Crippen molar-refractivity contribution < 1.29 is 9.47 Å². The number of benzene rings is 2. The van der Waals surface area contributed by atoms with Crippen LogP contribution in [0.25, 0.3) is 0 Å². The Hall–Kier alpha value is -1.68. The van der Waals surface area contributed by atoms with Gasteiger partial charge in [0.15, 0.2) is 0 Å². The first-order chi connectivity index (χ1) is 9.65. The first-order valence-electron chi connectivity index (χ1n) is 6.52. The minimum atomic E-state index is 0.624. The van der Waals surface area contributed by atoms with Crippen molar-refractivity contribution >= 4 is 21.6 Å². The highest BCUT2D eigenvalue weighted by Gasteiger charge is 2.00. The molecule has 0 radical (unpaired) electrons. The van der Waals surface area contributed by atoms with Crippen molar-refractivity contribution in [2.24, 2.45) is 0 Å². The van der Waals surface area contributed by atoms with Gasteiger partial charge in [0.05, 0.1) is 13.2 Å². The molecule has 0 heterocycles. The number of nitrogens with two attached hydrogens (primary N) is 1. The van der Waals surface area contributed by atoms with E-state index in [9.17, 15) is 0 Å². The molecular weight excluding hydrogens is 318 g/mol. The van der Waals surface area contributed by atoms with Crippen molar-refractivity contribution in [1.29, 1.82) is 0 Å². The normalized spacial score (nSPS) is 10.3. The monoisotopic (exact) mass is 335 g/mol. The van der Waals surface area contributed by atoms with Crippen LogP contribution in [0.4, 0.5) is 5.69 Å². The quantitative estimate of drug-likeness (QED) is 0.635. The molecule has 106 valence electrons. The lowest BCUT2D eigenvalue weighted by Crippen LogP contribution is -2.05. The minimum Gasteiger partial charge on any atom is -0.493 e. The molecule has 0 aliphatic heterocycles. The number of nitrogen functional groups attached to an aromatic ring is 1. The van der Waals surface area contributed by atoms with E-state index in [1.165, 1.54) is 0 Å². The van der Waals surface area contributed by atoms with Gasteiger partial charge in [0.1, 0.15) is 11.5 Å². The molecule has 4 heteroatoms. The topological polar surface area (TPSA) is 44.5 Å². The molecule has 0 bridgehead atoms. The van der Waals surface area contributed by atoms with Crippen molar-refractivity contribution in [2.75, 3.05) is 18.9 Å². The second-order valence-electron chi connectivity index (χ2n) is 4.53. The first kappa shape index (κ1) is 14.7. The zero-order valence-corrected chi connectivity index (χ0v) is 13.0. The van der Waals surface area contributed by atoms with E-state index < -0.39 is 0 Å². The third-order valence-corrected chi connectivity index (χ3v) is 3.33. The van der Waals surface area contributed by atoms with Gasteiger partial charge in [0.25, 0.3) is 0 Å². The Kier molecular flexibility index (Phi) is 5.30. The van der Waals surface area contributed by atoms with E-state index in [2.05, 4.69) is 15.9 Å². The molecule has 0 saturated heterocycles. The van der Waals surface area contributed by atoms with Gasteiger partial charge in [0.2, 0.25) is 0 Å². The smallest absolute Gasteiger partial charge is 0.122 e. The SMILES string of the molecule is Cc1cc(Br)ccc1OCCCOc1ccc(N)cc1. The van der Waals surface area contributed by atoms with Crippen LogP contribution in [0.1, 0.15) is 12.0 Å². The van der Waals surface area contributed by atoms with Gasteiger partial charge in [-0.15, -0.1) is 0 Å². The third-order valence-electron chi connectivity index (χ3n) is 2.83.